The van der Waals surface area contributed by atoms with Gasteiger partial charge in [0.25, 0.3) is 0 Å². The predicted molar refractivity (Wildman–Crippen MR) is 173 cm³/mol. The zero-order valence-electron chi connectivity index (χ0n) is 24.1. The van der Waals surface area contributed by atoms with Gasteiger partial charge < -0.3 is 10.2 Å². The highest BCUT2D eigenvalue weighted by molar-refractivity contribution is 7.99. The molecule has 4 nitrogen and oxygen atoms in total. The lowest BCUT2D eigenvalue weighted by molar-refractivity contribution is -0.138. The molecule has 0 fully saturated rings. The number of hydrogen-bond donors (Lipinski definition) is 2. The van der Waals surface area contributed by atoms with E-state index in [0.717, 1.165) is 51.9 Å². The maximum atomic E-state index is 11.4. The van der Waals surface area contributed by atoms with E-state index in [1.807, 2.05) is 94.1 Å². The Balaban J connectivity index is 1.58. The van der Waals surface area contributed by atoms with Crippen molar-refractivity contribution in [1.29, 1.82) is 0 Å². The second kappa shape index (κ2) is 13.2. The van der Waals surface area contributed by atoms with E-state index in [4.69, 9.17) is 16.6 Å². The summed E-state index contributed by atoms with van der Waals surface area (Å²) in [5.74, 6) is -0.0521. The summed E-state index contributed by atoms with van der Waals surface area (Å²) in [5, 5.41) is 22.0. The van der Waals surface area contributed by atoms with Crippen molar-refractivity contribution in [2.45, 2.75) is 57.8 Å². The second-order valence-electron chi connectivity index (χ2n) is 11.9. The highest BCUT2D eigenvalue weighted by Gasteiger charge is 2.25. The number of carboxylic acid groups (broad SMARTS) is 1. The Morgan fingerprint density at radius 3 is 2.49 bits per heavy atom. The van der Waals surface area contributed by atoms with Crippen LogP contribution in [-0.4, -0.2) is 26.9 Å². The van der Waals surface area contributed by atoms with Crippen LogP contribution in [0.2, 0.25) is 5.02 Å². The van der Waals surface area contributed by atoms with Gasteiger partial charge in [0.1, 0.15) is 0 Å². The first-order valence-electron chi connectivity index (χ1n) is 13.9. The van der Waals surface area contributed by atoms with Crippen LogP contribution in [0.1, 0.15) is 73.7 Å². The monoisotopic (exact) mass is 587 g/mol. The first kappa shape index (κ1) is 30.8. The molecule has 1 atom stereocenters. The van der Waals surface area contributed by atoms with Gasteiger partial charge in [0.15, 0.2) is 0 Å². The van der Waals surface area contributed by atoms with Crippen LogP contribution in [0.5, 0.6) is 0 Å². The van der Waals surface area contributed by atoms with Crippen molar-refractivity contribution in [1.82, 2.24) is 4.98 Å². The van der Waals surface area contributed by atoms with E-state index in [-0.39, 0.29) is 17.1 Å². The van der Waals surface area contributed by atoms with Gasteiger partial charge in [-0.15, -0.1) is 0 Å². The second-order valence-corrected chi connectivity index (χ2v) is 13.5. The van der Waals surface area contributed by atoms with E-state index in [2.05, 4.69) is 36.4 Å². The molecule has 0 saturated heterocycles. The molecule has 0 radical (unpaired) electrons. The third-order valence-corrected chi connectivity index (χ3v) is 9.16. The maximum Gasteiger partial charge on any atom is 0.303 e. The number of pyridine rings is 1. The van der Waals surface area contributed by atoms with Crippen LogP contribution in [0.4, 0.5) is 0 Å². The first-order chi connectivity index (χ1) is 19.4. The summed E-state index contributed by atoms with van der Waals surface area (Å²) < 4.78 is 0. The molecule has 1 aromatic heterocycles. The summed E-state index contributed by atoms with van der Waals surface area (Å²) in [6, 6.07) is 26.3. The van der Waals surface area contributed by atoms with Gasteiger partial charge in [-0.05, 0) is 84.4 Å². The van der Waals surface area contributed by atoms with Crippen molar-refractivity contribution in [3.63, 3.8) is 0 Å². The van der Waals surface area contributed by atoms with Crippen molar-refractivity contribution in [3.05, 3.63) is 112 Å². The van der Waals surface area contributed by atoms with E-state index < -0.39 is 11.6 Å². The van der Waals surface area contributed by atoms with Crippen LogP contribution >= 0.6 is 23.4 Å². The van der Waals surface area contributed by atoms with Crippen molar-refractivity contribution in [2.75, 3.05) is 5.75 Å². The fourth-order valence-electron chi connectivity index (χ4n) is 5.00. The van der Waals surface area contributed by atoms with Crippen LogP contribution < -0.4 is 0 Å². The van der Waals surface area contributed by atoms with Gasteiger partial charge in [-0.2, -0.15) is 11.8 Å². The van der Waals surface area contributed by atoms with Crippen LogP contribution in [0, 0.1) is 5.41 Å². The number of halogens is 1. The molecule has 41 heavy (non-hydrogen) atoms. The lowest BCUT2D eigenvalue weighted by Crippen LogP contribution is -2.20. The van der Waals surface area contributed by atoms with Crippen LogP contribution in [0.3, 0.4) is 0 Å². The fourth-order valence-corrected chi connectivity index (χ4v) is 6.54. The van der Waals surface area contributed by atoms with Crippen molar-refractivity contribution >= 4 is 52.4 Å². The summed E-state index contributed by atoms with van der Waals surface area (Å²) in [7, 11) is 0. The molecular weight excluding hydrogens is 550 g/mol. The van der Waals surface area contributed by atoms with Gasteiger partial charge in [0.05, 0.1) is 23.2 Å². The highest BCUT2D eigenvalue weighted by Crippen LogP contribution is 2.39. The average Bonchev–Trinajstić information content (AvgIpc) is 2.90. The Morgan fingerprint density at radius 2 is 1.73 bits per heavy atom. The molecule has 2 N–H and O–H groups in total. The van der Waals surface area contributed by atoms with E-state index in [9.17, 15) is 15.0 Å². The molecule has 0 aliphatic carbocycles. The Hall–Kier alpha value is -3.12. The molecule has 0 bridgehead atoms. The molecule has 0 amide bonds. The molecule has 0 aliphatic rings. The Morgan fingerprint density at radius 1 is 0.976 bits per heavy atom. The van der Waals surface area contributed by atoms with Crippen molar-refractivity contribution in [3.8, 4) is 0 Å². The molecular formula is C35H38ClNO3S. The minimum atomic E-state index is -0.921. The third kappa shape index (κ3) is 8.93. The Bertz CT molecular complexity index is 1540. The van der Waals surface area contributed by atoms with Gasteiger partial charge in [0, 0.05) is 15.7 Å². The zero-order valence-corrected chi connectivity index (χ0v) is 25.7. The molecule has 6 heteroatoms. The number of carbonyl (C=O) groups is 1. The average molecular weight is 588 g/mol. The SMILES string of the molecule is CC(C)(CS[C@@H](CCc1ccccc1C(C)(C)O)c1cccc(/C=C/c2ccc3ccc(Cl)cc3n2)c1)CC(=O)O. The molecule has 3 aromatic carbocycles. The summed E-state index contributed by atoms with van der Waals surface area (Å²) >= 11 is 7.97. The van der Waals surface area contributed by atoms with Gasteiger partial charge >= 0.3 is 5.97 Å². The highest BCUT2D eigenvalue weighted by atomic mass is 35.5. The quantitative estimate of drug-likeness (QED) is 0.173. The third-order valence-electron chi connectivity index (χ3n) is 7.06. The van der Waals surface area contributed by atoms with Gasteiger partial charge in [-0.25, -0.2) is 4.98 Å². The molecule has 1 heterocycles. The minimum Gasteiger partial charge on any atom is -0.481 e. The lowest BCUT2D eigenvalue weighted by Gasteiger charge is -2.27. The predicted octanol–water partition coefficient (Wildman–Crippen LogP) is 9.19. The fraction of sp³-hybridized carbons (Fsp3) is 0.314. The lowest BCUT2D eigenvalue weighted by atomic mass is 9.90. The number of aromatic nitrogens is 1. The van der Waals surface area contributed by atoms with Gasteiger partial charge in [-0.1, -0.05) is 92.2 Å². The number of aryl methyl sites for hydroxylation is 1. The first-order valence-corrected chi connectivity index (χ1v) is 15.3. The van der Waals surface area contributed by atoms with Crippen molar-refractivity contribution in [2.24, 2.45) is 5.41 Å². The maximum absolute atomic E-state index is 11.4. The number of nitrogens with zero attached hydrogens (tertiary/aromatic N) is 1. The van der Waals surface area contributed by atoms with E-state index in [0.29, 0.717) is 5.02 Å². The Labute approximate surface area is 252 Å². The number of hydrogen-bond acceptors (Lipinski definition) is 4. The number of carboxylic acids is 1. The zero-order chi connectivity index (χ0) is 29.6. The van der Waals surface area contributed by atoms with Crippen LogP contribution in [0.15, 0.2) is 78.9 Å². The number of aliphatic carboxylic acids is 1. The molecule has 4 rings (SSSR count). The largest absolute Gasteiger partial charge is 0.481 e. The number of rotatable bonds is 12. The summed E-state index contributed by atoms with van der Waals surface area (Å²) in [6.07, 6.45) is 5.88. The van der Waals surface area contributed by atoms with Crippen molar-refractivity contribution < 1.29 is 15.0 Å². The smallest absolute Gasteiger partial charge is 0.303 e. The van der Waals surface area contributed by atoms with Crippen LogP contribution in [-0.2, 0) is 16.8 Å². The molecule has 0 spiro atoms. The number of thioether (sulfide) groups is 1. The minimum absolute atomic E-state index is 0.126. The van der Waals surface area contributed by atoms with Gasteiger partial charge in [0.2, 0.25) is 0 Å². The topological polar surface area (TPSA) is 70.4 Å². The number of benzene rings is 3. The van der Waals surface area contributed by atoms with Crippen LogP contribution in [0.25, 0.3) is 23.1 Å². The number of aliphatic hydroxyl groups is 1. The Kier molecular flexibility index (Phi) is 9.96. The normalized spacial score (nSPS) is 13.1. The summed E-state index contributed by atoms with van der Waals surface area (Å²) in [6.45, 7) is 7.66. The molecule has 214 valence electrons. The van der Waals surface area contributed by atoms with E-state index in [1.165, 1.54) is 5.56 Å². The molecule has 0 unspecified atom stereocenters. The van der Waals surface area contributed by atoms with E-state index >= 15 is 0 Å². The van der Waals surface area contributed by atoms with Gasteiger partial charge in [-0.3, -0.25) is 4.79 Å². The standard InChI is InChI=1S/C35H38ClNO3S/c1-34(2,22-33(38)39)23-41-32(19-15-25-9-5-6-11-30(25)35(3,4)40)27-10-7-8-24(20-27)12-17-29-18-14-26-13-16-28(36)21-31(26)37-29/h5-14,16-18,20-21,32,40H,15,19,22-23H2,1-4H3,(H,38,39)/b17-12+/t32-/m0/s1. The summed E-state index contributed by atoms with van der Waals surface area (Å²) in [5.41, 5.74) is 4.81. The van der Waals surface area contributed by atoms with E-state index in [1.54, 1.807) is 0 Å². The molecule has 4 aromatic rings. The molecule has 0 aliphatic heterocycles. The summed E-state index contributed by atoms with van der Waals surface area (Å²) in [4.78, 5) is 16.2. The molecule has 0 saturated carbocycles. The number of fused-ring (bicyclic) bond motifs is 1.